The first-order chi connectivity index (χ1) is 14.7. The average Bonchev–Trinajstić information content (AvgIpc) is 3.33. The lowest BCUT2D eigenvalue weighted by Crippen LogP contribution is -2.50. The van der Waals surface area contributed by atoms with Crippen LogP contribution in [0.15, 0.2) is 23.7 Å². The first-order valence-corrected chi connectivity index (χ1v) is 12.1. The number of hydrogen-bond donors (Lipinski definition) is 2. The van der Waals surface area contributed by atoms with E-state index < -0.39 is 0 Å². The van der Waals surface area contributed by atoms with Gasteiger partial charge in [0.2, 0.25) is 0 Å². The smallest absolute Gasteiger partial charge is 0.270 e. The van der Waals surface area contributed by atoms with Gasteiger partial charge in [-0.3, -0.25) is 4.79 Å². The Hall–Kier alpha value is -2.18. The topological polar surface area (TPSA) is 61.0 Å². The Morgan fingerprint density at radius 1 is 1.35 bits per heavy atom. The molecule has 1 amide bonds. The van der Waals surface area contributed by atoms with E-state index in [0.717, 1.165) is 24.4 Å². The molecule has 0 spiro atoms. The Bertz CT molecular complexity index is 1140. The fourth-order valence-corrected chi connectivity index (χ4v) is 6.09. The van der Waals surface area contributed by atoms with Crippen LogP contribution in [0.25, 0.3) is 10.9 Å². The van der Waals surface area contributed by atoms with Gasteiger partial charge in [-0.15, -0.1) is 11.3 Å². The maximum absolute atomic E-state index is 12.5. The lowest BCUT2D eigenvalue weighted by molar-refractivity contribution is 0.0887. The van der Waals surface area contributed by atoms with Crippen molar-refractivity contribution in [1.82, 2.24) is 20.2 Å². The molecule has 1 saturated heterocycles. The van der Waals surface area contributed by atoms with Crippen molar-refractivity contribution in [2.45, 2.75) is 57.9 Å². The van der Waals surface area contributed by atoms with Gasteiger partial charge in [0, 0.05) is 47.5 Å². The number of aromatic nitrogens is 2. The summed E-state index contributed by atoms with van der Waals surface area (Å²) in [7, 11) is 2.25. The lowest BCUT2D eigenvalue weighted by Gasteiger charge is -2.46. The van der Waals surface area contributed by atoms with Gasteiger partial charge in [0.25, 0.3) is 5.91 Å². The number of piperidine rings is 1. The molecule has 0 saturated carbocycles. The Balaban J connectivity index is 1.41. The molecule has 31 heavy (non-hydrogen) atoms. The summed E-state index contributed by atoms with van der Waals surface area (Å²) in [6.07, 6.45) is 4.42. The minimum Gasteiger partial charge on any atom is -0.361 e. The van der Waals surface area contributed by atoms with Crippen LogP contribution in [0.1, 0.15) is 65.3 Å². The van der Waals surface area contributed by atoms with Gasteiger partial charge in [-0.25, -0.2) is 4.98 Å². The van der Waals surface area contributed by atoms with E-state index in [1.54, 1.807) is 0 Å². The molecular weight excluding hydrogens is 404 g/mol. The summed E-state index contributed by atoms with van der Waals surface area (Å²) in [5.41, 5.74) is 6.26. The highest BCUT2D eigenvalue weighted by molar-refractivity contribution is 7.09. The standard InChI is InChI=1S/C25H32N4OS/c1-14-28-21(13-31-14)24(30)27-10-15-6-18-19-8-17(25(2,3)4)9-20-23(19)16(11-26-20)7-22(18)29(5)12-15/h8-9,11,13,15,18,22,26H,6-7,10,12H2,1-5H3,(H,27,30)/t15-,18+,22+/m0/s1. The first kappa shape index (κ1) is 20.7. The lowest BCUT2D eigenvalue weighted by atomic mass is 9.71. The van der Waals surface area contributed by atoms with Crippen LogP contribution < -0.4 is 5.32 Å². The Kier molecular flexibility index (Phi) is 4.98. The van der Waals surface area contributed by atoms with Gasteiger partial charge >= 0.3 is 0 Å². The number of nitrogens with one attached hydrogen (secondary N) is 2. The second kappa shape index (κ2) is 7.45. The van der Waals surface area contributed by atoms with Crippen LogP contribution in [0.3, 0.4) is 0 Å². The number of nitrogens with zero attached hydrogens (tertiary/aromatic N) is 2. The number of aryl methyl sites for hydroxylation is 1. The monoisotopic (exact) mass is 436 g/mol. The predicted octanol–water partition coefficient (Wildman–Crippen LogP) is 4.62. The molecule has 1 aromatic carbocycles. The summed E-state index contributed by atoms with van der Waals surface area (Å²) in [5, 5.41) is 7.35. The number of hydrogen-bond acceptors (Lipinski definition) is 4. The van der Waals surface area contributed by atoms with E-state index in [9.17, 15) is 4.79 Å². The fraction of sp³-hybridized carbons (Fsp3) is 0.520. The number of carbonyl (C=O) groups excluding carboxylic acids is 1. The summed E-state index contributed by atoms with van der Waals surface area (Å²) >= 11 is 1.52. The molecule has 2 aliphatic rings. The van der Waals surface area contributed by atoms with Gasteiger partial charge in [0.1, 0.15) is 5.69 Å². The molecule has 3 atom stereocenters. The van der Waals surface area contributed by atoms with E-state index in [1.165, 1.54) is 38.9 Å². The van der Waals surface area contributed by atoms with Crippen molar-refractivity contribution >= 4 is 28.1 Å². The molecule has 5 nitrogen and oxygen atoms in total. The Morgan fingerprint density at radius 2 is 2.16 bits per heavy atom. The van der Waals surface area contributed by atoms with E-state index in [2.05, 4.69) is 66.3 Å². The zero-order chi connectivity index (χ0) is 21.9. The molecule has 1 fully saturated rings. The molecule has 6 heteroatoms. The van der Waals surface area contributed by atoms with Crippen molar-refractivity contribution in [1.29, 1.82) is 0 Å². The summed E-state index contributed by atoms with van der Waals surface area (Å²) in [6, 6.07) is 5.32. The van der Waals surface area contributed by atoms with Gasteiger partial charge in [-0.1, -0.05) is 26.8 Å². The number of likely N-dealkylation sites (tertiary alicyclic amines) is 1. The highest BCUT2D eigenvalue weighted by Crippen LogP contribution is 2.45. The molecule has 0 radical (unpaired) electrons. The molecule has 5 rings (SSSR count). The maximum atomic E-state index is 12.5. The van der Waals surface area contributed by atoms with Crippen LogP contribution in [0, 0.1) is 12.8 Å². The van der Waals surface area contributed by atoms with Gasteiger partial charge < -0.3 is 15.2 Å². The van der Waals surface area contributed by atoms with Crippen molar-refractivity contribution in [3.8, 4) is 0 Å². The summed E-state index contributed by atoms with van der Waals surface area (Å²) in [4.78, 5) is 22.9. The quantitative estimate of drug-likeness (QED) is 0.630. The molecule has 1 aliphatic heterocycles. The zero-order valence-electron chi connectivity index (χ0n) is 19.1. The molecule has 3 aromatic rings. The van der Waals surface area contributed by atoms with Crippen LogP contribution >= 0.6 is 11.3 Å². The number of carbonyl (C=O) groups is 1. The minimum absolute atomic E-state index is 0.0530. The summed E-state index contributed by atoms with van der Waals surface area (Å²) in [6.45, 7) is 10.5. The number of rotatable bonds is 3. The predicted molar refractivity (Wildman–Crippen MR) is 127 cm³/mol. The van der Waals surface area contributed by atoms with Crippen molar-refractivity contribution < 1.29 is 4.79 Å². The highest BCUT2D eigenvalue weighted by Gasteiger charge is 2.40. The van der Waals surface area contributed by atoms with Crippen LogP contribution in [-0.2, 0) is 11.8 Å². The molecular formula is C25H32N4OS. The zero-order valence-corrected chi connectivity index (χ0v) is 19.9. The second-order valence-electron chi connectivity index (χ2n) is 10.4. The number of H-pyrrole nitrogens is 1. The van der Waals surface area contributed by atoms with E-state index in [1.807, 2.05) is 12.3 Å². The number of aromatic amines is 1. The van der Waals surface area contributed by atoms with Gasteiger partial charge in [-0.05, 0) is 60.9 Å². The van der Waals surface area contributed by atoms with Crippen LogP contribution in [-0.4, -0.2) is 47.0 Å². The molecule has 3 heterocycles. The van der Waals surface area contributed by atoms with Crippen molar-refractivity contribution in [3.63, 3.8) is 0 Å². The maximum Gasteiger partial charge on any atom is 0.270 e. The number of fused-ring (bicyclic) bond motifs is 2. The number of likely N-dealkylation sites (N-methyl/N-ethyl adjacent to an activating group) is 1. The van der Waals surface area contributed by atoms with Crippen LogP contribution in [0.4, 0.5) is 0 Å². The number of benzene rings is 1. The SMILES string of the molecule is Cc1nc(C(=O)NC[C@@H]2C[C@@H]3c4cc(C(C)(C)C)cc5[nH]cc(c45)C[C@H]3N(C)C2)cs1. The van der Waals surface area contributed by atoms with Crippen molar-refractivity contribution in [2.75, 3.05) is 20.1 Å². The summed E-state index contributed by atoms with van der Waals surface area (Å²) < 4.78 is 0. The van der Waals surface area contributed by atoms with Crippen LogP contribution in [0.5, 0.6) is 0 Å². The van der Waals surface area contributed by atoms with Crippen molar-refractivity contribution in [2.24, 2.45) is 5.92 Å². The minimum atomic E-state index is -0.0530. The third kappa shape index (κ3) is 3.70. The fourth-order valence-electron chi connectivity index (χ4n) is 5.50. The third-order valence-corrected chi connectivity index (χ3v) is 7.93. The normalized spacial score (nSPS) is 23.7. The van der Waals surface area contributed by atoms with E-state index >= 15 is 0 Å². The Labute approximate surface area is 188 Å². The van der Waals surface area contributed by atoms with Gasteiger partial charge in [0.05, 0.1) is 5.01 Å². The molecule has 164 valence electrons. The molecule has 2 N–H and O–H groups in total. The second-order valence-corrected chi connectivity index (χ2v) is 11.5. The van der Waals surface area contributed by atoms with Crippen molar-refractivity contribution in [3.05, 3.63) is 51.1 Å². The molecule has 0 unspecified atom stereocenters. The number of amides is 1. The first-order valence-electron chi connectivity index (χ1n) is 11.3. The summed E-state index contributed by atoms with van der Waals surface area (Å²) in [5.74, 6) is 0.877. The highest BCUT2D eigenvalue weighted by atomic mass is 32.1. The van der Waals surface area contributed by atoms with Crippen LogP contribution in [0.2, 0.25) is 0 Å². The molecule has 2 aromatic heterocycles. The van der Waals surface area contributed by atoms with E-state index in [0.29, 0.717) is 30.1 Å². The number of thiazole rings is 1. The van der Waals surface area contributed by atoms with E-state index in [4.69, 9.17) is 0 Å². The van der Waals surface area contributed by atoms with Gasteiger partial charge in [0.15, 0.2) is 0 Å². The third-order valence-electron chi connectivity index (χ3n) is 7.15. The Morgan fingerprint density at radius 3 is 2.87 bits per heavy atom. The molecule has 0 bridgehead atoms. The van der Waals surface area contributed by atoms with Gasteiger partial charge in [-0.2, -0.15) is 0 Å². The average molecular weight is 437 g/mol. The largest absolute Gasteiger partial charge is 0.361 e. The molecule has 1 aliphatic carbocycles. The van der Waals surface area contributed by atoms with E-state index in [-0.39, 0.29) is 11.3 Å².